The Morgan fingerprint density at radius 3 is 2.33 bits per heavy atom. The van der Waals surface area contributed by atoms with Crippen molar-refractivity contribution in [3.8, 4) is 0 Å². The number of para-hydroxylation sites is 2. The van der Waals surface area contributed by atoms with Gasteiger partial charge in [0.05, 0.1) is 23.7 Å². The minimum Gasteiger partial charge on any atom is -0.341 e. The number of fused-ring (bicyclic) bond motifs is 2. The number of amides is 3. The standard InChI is InChI=1S/C19H19N7O2S2/c1-21-18(28)22-17(27)11-29-19-24-23-16(26(19)20)10-25-12-6-2-4-8-14(12)30-15-9-5-3-7-13(15)25/h2-9H,10-11,20H2,1H3,(H2,21,22,27,28). The van der Waals surface area contributed by atoms with Crippen LogP contribution in [0.5, 0.6) is 0 Å². The molecule has 1 aliphatic heterocycles. The summed E-state index contributed by atoms with van der Waals surface area (Å²) in [6.45, 7) is 0.420. The Kier molecular flexibility index (Phi) is 5.81. The molecule has 30 heavy (non-hydrogen) atoms. The van der Waals surface area contributed by atoms with Gasteiger partial charge in [0.15, 0.2) is 5.82 Å². The summed E-state index contributed by atoms with van der Waals surface area (Å²) in [4.78, 5) is 27.5. The van der Waals surface area contributed by atoms with Crippen LogP contribution in [-0.2, 0) is 11.3 Å². The molecule has 3 amide bonds. The van der Waals surface area contributed by atoms with Crippen molar-refractivity contribution in [1.82, 2.24) is 25.5 Å². The fraction of sp³-hybridized carbons (Fsp3) is 0.158. The Bertz CT molecular complexity index is 1060. The lowest BCUT2D eigenvalue weighted by atomic mass is 10.2. The van der Waals surface area contributed by atoms with Crippen LogP contribution in [0.1, 0.15) is 5.82 Å². The monoisotopic (exact) mass is 441 g/mol. The van der Waals surface area contributed by atoms with Crippen LogP contribution in [0.3, 0.4) is 0 Å². The summed E-state index contributed by atoms with van der Waals surface area (Å²) < 4.78 is 1.38. The highest BCUT2D eigenvalue weighted by Gasteiger charge is 2.25. The van der Waals surface area contributed by atoms with Gasteiger partial charge in [-0.05, 0) is 24.3 Å². The molecule has 1 aromatic heterocycles. The zero-order chi connectivity index (χ0) is 21.1. The normalized spacial score (nSPS) is 12.1. The number of hydrogen-bond acceptors (Lipinski definition) is 8. The molecule has 4 N–H and O–H groups in total. The van der Waals surface area contributed by atoms with Crippen molar-refractivity contribution in [3.05, 3.63) is 54.4 Å². The number of nitrogens with zero attached hydrogens (tertiary/aromatic N) is 4. The van der Waals surface area contributed by atoms with Crippen molar-refractivity contribution in [2.24, 2.45) is 0 Å². The van der Waals surface area contributed by atoms with Crippen molar-refractivity contribution in [2.45, 2.75) is 21.5 Å². The summed E-state index contributed by atoms with van der Waals surface area (Å²) in [5.41, 5.74) is 2.15. The summed E-state index contributed by atoms with van der Waals surface area (Å²) in [5, 5.41) is 13.2. The van der Waals surface area contributed by atoms with E-state index in [1.165, 1.54) is 11.7 Å². The van der Waals surface area contributed by atoms with Gasteiger partial charge in [0.25, 0.3) is 0 Å². The number of imide groups is 1. The largest absolute Gasteiger partial charge is 0.341 e. The maximum Gasteiger partial charge on any atom is 0.321 e. The number of nitrogens with one attached hydrogen (secondary N) is 2. The number of anilines is 2. The second kappa shape index (κ2) is 8.67. The van der Waals surface area contributed by atoms with E-state index < -0.39 is 11.9 Å². The molecular formula is C19H19N7O2S2. The molecule has 0 aliphatic carbocycles. The molecule has 9 nitrogen and oxygen atoms in total. The van der Waals surface area contributed by atoms with Crippen LogP contribution in [0.2, 0.25) is 0 Å². The quantitative estimate of drug-likeness (QED) is 0.408. The van der Waals surface area contributed by atoms with E-state index in [-0.39, 0.29) is 5.75 Å². The third kappa shape index (κ3) is 4.07. The number of urea groups is 1. The van der Waals surface area contributed by atoms with E-state index in [4.69, 9.17) is 5.84 Å². The number of benzene rings is 2. The minimum atomic E-state index is -0.559. The molecule has 2 heterocycles. The smallest absolute Gasteiger partial charge is 0.321 e. The van der Waals surface area contributed by atoms with Crippen molar-refractivity contribution in [1.29, 1.82) is 0 Å². The van der Waals surface area contributed by atoms with E-state index >= 15 is 0 Å². The Morgan fingerprint density at radius 2 is 1.70 bits per heavy atom. The Hall–Kier alpha value is -3.18. The van der Waals surface area contributed by atoms with Gasteiger partial charge in [0, 0.05) is 16.8 Å². The van der Waals surface area contributed by atoms with Crippen molar-refractivity contribution in [2.75, 3.05) is 23.5 Å². The van der Waals surface area contributed by atoms with Crippen molar-refractivity contribution in [3.63, 3.8) is 0 Å². The highest BCUT2D eigenvalue weighted by Crippen LogP contribution is 2.48. The molecule has 0 unspecified atom stereocenters. The number of hydrogen-bond donors (Lipinski definition) is 3. The molecule has 4 rings (SSSR count). The molecule has 154 valence electrons. The van der Waals surface area contributed by atoms with Gasteiger partial charge >= 0.3 is 6.03 Å². The second-order valence-electron chi connectivity index (χ2n) is 6.31. The third-order valence-corrected chi connectivity index (χ3v) is 6.45. The highest BCUT2D eigenvalue weighted by atomic mass is 32.2. The second-order valence-corrected chi connectivity index (χ2v) is 8.33. The molecule has 0 saturated heterocycles. The van der Waals surface area contributed by atoms with Gasteiger partial charge in [-0.2, -0.15) is 0 Å². The first-order chi connectivity index (χ1) is 14.6. The zero-order valence-electron chi connectivity index (χ0n) is 16.0. The Morgan fingerprint density at radius 1 is 1.07 bits per heavy atom. The number of rotatable bonds is 5. The first kappa shape index (κ1) is 20.1. The Labute approximate surface area is 181 Å². The van der Waals surface area contributed by atoms with Crippen LogP contribution in [-0.4, -0.2) is 39.6 Å². The SMILES string of the molecule is CNC(=O)NC(=O)CSc1nnc(CN2c3ccccc3Sc3ccccc32)n1N. The molecule has 1 aliphatic rings. The van der Waals surface area contributed by atoms with Gasteiger partial charge in [-0.3, -0.25) is 10.1 Å². The number of aromatic nitrogens is 3. The molecule has 0 fully saturated rings. The lowest BCUT2D eigenvalue weighted by molar-refractivity contribution is -0.117. The van der Waals surface area contributed by atoms with Crippen LogP contribution < -0.4 is 21.4 Å². The summed E-state index contributed by atoms with van der Waals surface area (Å²) in [6.07, 6.45) is 0. The molecule has 11 heteroatoms. The van der Waals surface area contributed by atoms with Crippen LogP contribution in [0.15, 0.2) is 63.5 Å². The predicted molar refractivity (Wildman–Crippen MR) is 116 cm³/mol. The number of nitrogens with two attached hydrogens (primary N) is 1. The molecule has 0 saturated carbocycles. The molecular weight excluding hydrogens is 422 g/mol. The number of thioether (sulfide) groups is 1. The zero-order valence-corrected chi connectivity index (χ0v) is 17.7. The molecule has 0 atom stereocenters. The molecule has 0 spiro atoms. The fourth-order valence-corrected chi connectivity index (χ4v) is 4.73. The van der Waals surface area contributed by atoms with Gasteiger partial charge in [-0.1, -0.05) is 47.8 Å². The Balaban J connectivity index is 1.53. The maximum atomic E-state index is 11.8. The van der Waals surface area contributed by atoms with E-state index in [9.17, 15) is 9.59 Å². The number of carbonyl (C=O) groups excluding carboxylic acids is 2. The maximum absolute atomic E-state index is 11.8. The van der Waals surface area contributed by atoms with E-state index in [0.29, 0.717) is 17.5 Å². The first-order valence-electron chi connectivity index (χ1n) is 9.04. The molecule has 3 aromatic rings. The van der Waals surface area contributed by atoms with Crippen LogP contribution >= 0.6 is 23.5 Å². The van der Waals surface area contributed by atoms with Gasteiger partial charge in [0.1, 0.15) is 0 Å². The summed E-state index contributed by atoms with van der Waals surface area (Å²) in [6, 6.07) is 15.8. The molecule has 2 aromatic carbocycles. The first-order valence-corrected chi connectivity index (χ1v) is 10.8. The van der Waals surface area contributed by atoms with Crippen molar-refractivity contribution >= 4 is 46.8 Å². The van der Waals surface area contributed by atoms with Gasteiger partial charge in [-0.25, -0.2) is 9.47 Å². The van der Waals surface area contributed by atoms with E-state index in [2.05, 4.69) is 50.0 Å². The molecule has 0 radical (unpaired) electrons. The minimum absolute atomic E-state index is 0.00518. The highest BCUT2D eigenvalue weighted by molar-refractivity contribution is 8.00. The average Bonchev–Trinajstić information content (AvgIpc) is 3.11. The van der Waals surface area contributed by atoms with Crippen molar-refractivity contribution < 1.29 is 9.59 Å². The number of nitrogen functional groups attached to an aromatic ring is 1. The van der Waals surface area contributed by atoms with E-state index in [0.717, 1.165) is 32.9 Å². The third-order valence-electron chi connectivity index (χ3n) is 4.38. The van der Waals surface area contributed by atoms with Gasteiger partial charge in [0.2, 0.25) is 11.1 Å². The van der Waals surface area contributed by atoms with E-state index in [1.807, 2.05) is 24.3 Å². The van der Waals surface area contributed by atoms with Gasteiger partial charge < -0.3 is 16.1 Å². The van der Waals surface area contributed by atoms with Crippen LogP contribution in [0.4, 0.5) is 16.2 Å². The average molecular weight is 442 g/mol. The summed E-state index contributed by atoms with van der Waals surface area (Å²) >= 11 is 2.84. The summed E-state index contributed by atoms with van der Waals surface area (Å²) in [7, 11) is 1.44. The van der Waals surface area contributed by atoms with Crippen LogP contribution in [0.25, 0.3) is 0 Å². The number of carbonyl (C=O) groups is 2. The van der Waals surface area contributed by atoms with E-state index in [1.54, 1.807) is 11.8 Å². The predicted octanol–water partition coefficient (Wildman–Crippen LogP) is 2.34. The van der Waals surface area contributed by atoms with Gasteiger partial charge in [-0.15, -0.1) is 10.2 Å². The lowest BCUT2D eigenvalue weighted by Gasteiger charge is -2.32. The van der Waals surface area contributed by atoms with Crippen LogP contribution in [0, 0.1) is 0 Å². The lowest BCUT2D eigenvalue weighted by Crippen LogP contribution is -2.38. The fourth-order valence-electron chi connectivity index (χ4n) is 2.96. The topological polar surface area (TPSA) is 118 Å². The summed E-state index contributed by atoms with van der Waals surface area (Å²) in [5.74, 6) is 6.31. The molecule has 0 bridgehead atoms.